The van der Waals surface area contributed by atoms with Gasteiger partial charge in [-0.15, -0.1) is 5.10 Å². The number of hydrogen-bond donors (Lipinski definition) is 0. The highest BCUT2D eigenvalue weighted by Crippen LogP contribution is 2.32. The summed E-state index contributed by atoms with van der Waals surface area (Å²) in [5, 5.41) is 10.0. The van der Waals surface area contributed by atoms with Crippen molar-refractivity contribution in [2.24, 2.45) is 7.05 Å². The van der Waals surface area contributed by atoms with E-state index in [9.17, 15) is 26.4 Å². The minimum Gasteiger partial charge on any atom is -0.276 e. The number of alkyl halides is 3. The molecule has 2 aromatic rings. The number of sulfone groups is 1. The van der Waals surface area contributed by atoms with E-state index in [2.05, 4.69) is 15.5 Å². The third-order valence-electron chi connectivity index (χ3n) is 2.85. The Morgan fingerprint density at radius 2 is 2.04 bits per heavy atom. The Balaban J connectivity index is 2.38. The smallest absolute Gasteiger partial charge is 0.276 e. The molecule has 0 unspecified atom stereocenters. The molecule has 0 saturated heterocycles. The second-order valence-electron chi connectivity index (χ2n) is 4.42. The number of carbonyl (C=O) groups is 1. The number of aryl methyl sites for hydroxylation is 1. The fourth-order valence-corrected chi connectivity index (χ4v) is 3.47. The molecule has 0 aliphatic heterocycles. The molecule has 0 bridgehead atoms. The van der Waals surface area contributed by atoms with Crippen LogP contribution in [0.4, 0.5) is 13.2 Å². The van der Waals surface area contributed by atoms with E-state index in [4.69, 9.17) is 11.6 Å². The molecule has 7 nitrogen and oxygen atoms in total. The van der Waals surface area contributed by atoms with E-state index in [1.54, 1.807) is 7.05 Å². The van der Waals surface area contributed by atoms with E-state index in [1.807, 2.05) is 0 Å². The monoisotopic (exact) mass is 400 g/mol. The fraction of sp³-hybridized carbons (Fsp3) is 0.273. The zero-order valence-corrected chi connectivity index (χ0v) is 14.2. The molecule has 1 aromatic carbocycles. The van der Waals surface area contributed by atoms with Gasteiger partial charge >= 0.3 is 5.51 Å². The summed E-state index contributed by atoms with van der Waals surface area (Å²) in [5.74, 6) is 0.106. The van der Waals surface area contributed by atoms with Crippen molar-refractivity contribution in [1.29, 1.82) is 0 Å². The number of benzene rings is 1. The Morgan fingerprint density at radius 3 is 2.54 bits per heavy atom. The summed E-state index contributed by atoms with van der Waals surface area (Å²) in [6, 6.07) is 2.49. The minimum absolute atomic E-state index is 0.106. The third kappa shape index (κ3) is 3.70. The van der Waals surface area contributed by atoms with Gasteiger partial charge in [0.1, 0.15) is 0 Å². The largest absolute Gasteiger partial charge is 0.501 e. The molecule has 24 heavy (non-hydrogen) atoms. The summed E-state index contributed by atoms with van der Waals surface area (Å²) in [4.78, 5) is 10.4. The maximum atomic E-state index is 12.6. The van der Waals surface area contributed by atoms with Gasteiger partial charge in [-0.1, -0.05) is 17.8 Å². The first-order valence-corrected chi connectivity index (χ1v) is 8.88. The Labute approximate surface area is 143 Å². The summed E-state index contributed by atoms with van der Waals surface area (Å²) in [7, 11) is -3.99. The predicted octanol–water partition coefficient (Wildman–Crippen LogP) is 2.17. The molecule has 1 aromatic heterocycles. The van der Waals surface area contributed by atoms with Gasteiger partial charge in [0.15, 0.2) is 0 Å². The van der Waals surface area contributed by atoms with Gasteiger partial charge in [0.2, 0.25) is 5.16 Å². The van der Waals surface area contributed by atoms with Crippen LogP contribution in [-0.4, -0.2) is 39.4 Å². The lowest BCUT2D eigenvalue weighted by Crippen LogP contribution is -2.23. The molecule has 0 saturated carbocycles. The minimum atomic E-state index is -5.57. The zero-order valence-electron chi connectivity index (χ0n) is 11.8. The summed E-state index contributed by atoms with van der Waals surface area (Å²) in [6.07, 6.45) is 0. The second kappa shape index (κ2) is 6.69. The molecule has 0 radical (unpaired) electrons. The lowest BCUT2D eigenvalue weighted by Gasteiger charge is -2.11. The summed E-state index contributed by atoms with van der Waals surface area (Å²) >= 11 is 6.47. The zero-order chi connectivity index (χ0) is 18.1. The number of rotatable bonds is 5. The molecule has 13 heteroatoms. The normalized spacial score (nSPS) is 12.4. The standard InChI is InChI=1S/C11H8ClF3N4O3S2/c1-19-10(16-17-18-19)23-5-6-2-3-7(4-8(6)9(12)20)24(21,22)11(13,14)15/h2-4H,5H2,1H3. The predicted molar refractivity (Wildman–Crippen MR) is 78.2 cm³/mol. The molecule has 0 spiro atoms. The van der Waals surface area contributed by atoms with Crippen LogP contribution >= 0.6 is 23.4 Å². The van der Waals surface area contributed by atoms with Crippen LogP contribution in [0.25, 0.3) is 0 Å². The number of tetrazole rings is 1. The fourth-order valence-electron chi connectivity index (χ4n) is 1.65. The van der Waals surface area contributed by atoms with E-state index < -0.39 is 25.5 Å². The van der Waals surface area contributed by atoms with E-state index in [1.165, 1.54) is 4.68 Å². The molecule has 0 amide bonds. The van der Waals surface area contributed by atoms with Crippen LogP contribution in [0.5, 0.6) is 0 Å². The number of carbonyl (C=O) groups excluding carboxylic acids is 1. The van der Waals surface area contributed by atoms with Crippen molar-refractivity contribution in [1.82, 2.24) is 20.2 Å². The van der Waals surface area contributed by atoms with Gasteiger partial charge in [-0.25, -0.2) is 13.1 Å². The van der Waals surface area contributed by atoms with E-state index in [-0.39, 0.29) is 16.9 Å². The Morgan fingerprint density at radius 1 is 1.38 bits per heavy atom. The van der Waals surface area contributed by atoms with Crippen molar-refractivity contribution >= 4 is 38.4 Å². The number of hydrogen-bond acceptors (Lipinski definition) is 7. The van der Waals surface area contributed by atoms with Crippen molar-refractivity contribution in [2.75, 3.05) is 0 Å². The lowest BCUT2D eigenvalue weighted by molar-refractivity contribution is -0.0436. The summed E-state index contributed by atoms with van der Waals surface area (Å²) in [5.41, 5.74) is -5.55. The number of thioether (sulfide) groups is 1. The van der Waals surface area contributed by atoms with Crippen molar-refractivity contribution in [3.8, 4) is 0 Å². The summed E-state index contributed by atoms with van der Waals surface area (Å²) in [6.45, 7) is 0. The van der Waals surface area contributed by atoms with Gasteiger partial charge in [0.25, 0.3) is 15.1 Å². The van der Waals surface area contributed by atoms with Crippen molar-refractivity contribution in [3.63, 3.8) is 0 Å². The number of halogens is 4. The molecule has 0 fully saturated rings. The van der Waals surface area contributed by atoms with Crippen LogP contribution < -0.4 is 0 Å². The van der Waals surface area contributed by atoms with Gasteiger partial charge in [0, 0.05) is 18.4 Å². The van der Waals surface area contributed by atoms with Crippen LogP contribution in [0.3, 0.4) is 0 Å². The van der Waals surface area contributed by atoms with Crippen LogP contribution in [0.1, 0.15) is 15.9 Å². The highest BCUT2D eigenvalue weighted by Gasteiger charge is 2.47. The first kappa shape index (κ1) is 18.7. The van der Waals surface area contributed by atoms with Crippen molar-refractivity contribution < 1.29 is 26.4 Å². The van der Waals surface area contributed by atoms with Gasteiger partial charge in [-0.2, -0.15) is 13.2 Å². The number of nitrogens with zero attached hydrogens (tertiary/aromatic N) is 4. The number of aromatic nitrogens is 4. The van der Waals surface area contributed by atoms with Crippen molar-refractivity contribution in [2.45, 2.75) is 21.3 Å². The molecular formula is C11H8ClF3N4O3S2. The molecule has 0 aliphatic rings. The van der Waals surface area contributed by atoms with E-state index in [0.29, 0.717) is 11.2 Å². The van der Waals surface area contributed by atoms with Crippen LogP contribution in [0.15, 0.2) is 28.3 Å². The van der Waals surface area contributed by atoms with Crippen molar-refractivity contribution in [3.05, 3.63) is 29.3 Å². The molecule has 1 heterocycles. The molecule has 130 valence electrons. The second-order valence-corrected chi connectivity index (χ2v) is 7.64. The average molecular weight is 401 g/mol. The van der Waals surface area contributed by atoms with Crippen LogP contribution in [0, 0.1) is 0 Å². The van der Waals surface area contributed by atoms with E-state index >= 15 is 0 Å². The Hall–Kier alpha value is -1.66. The quantitative estimate of drug-likeness (QED) is 0.560. The van der Waals surface area contributed by atoms with Gasteiger partial charge in [-0.3, -0.25) is 4.79 Å². The Kier molecular flexibility index (Phi) is 5.20. The molecular weight excluding hydrogens is 393 g/mol. The molecule has 2 rings (SSSR count). The molecule has 0 aliphatic carbocycles. The first-order valence-electron chi connectivity index (χ1n) is 6.03. The van der Waals surface area contributed by atoms with Gasteiger partial charge in [0.05, 0.1) is 4.90 Å². The van der Waals surface area contributed by atoms with Crippen LogP contribution in [-0.2, 0) is 22.6 Å². The molecule has 0 N–H and O–H groups in total. The topological polar surface area (TPSA) is 94.8 Å². The lowest BCUT2D eigenvalue weighted by atomic mass is 10.1. The third-order valence-corrected chi connectivity index (χ3v) is 5.59. The highest BCUT2D eigenvalue weighted by atomic mass is 35.5. The van der Waals surface area contributed by atoms with Gasteiger partial charge in [-0.05, 0) is 39.7 Å². The molecule has 0 atom stereocenters. The first-order chi connectivity index (χ1) is 11.0. The van der Waals surface area contributed by atoms with Gasteiger partial charge < -0.3 is 0 Å². The highest BCUT2D eigenvalue weighted by molar-refractivity contribution is 7.98. The van der Waals surface area contributed by atoms with E-state index in [0.717, 1.165) is 23.9 Å². The SMILES string of the molecule is Cn1nnnc1SCc1ccc(S(=O)(=O)C(F)(F)F)cc1C(=O)Cl. The van der Waals surface area contributed by atoms with Crippen LogP contribution in [0.2, 0.25) is 0 Å². The maximum Gasteiger partial charge on any atom is 0.501 e. The maximum absolute atomic E-state index is 12.6. The summed E-state index contributed by atoms with van der Waals surface area (Å²) < 4.78 is 62.0. The average Bonchev–Trinajstić information content (AvgIpc) is 2.89. The Bertz CT molecular complexity index is 883.